The van der Waals surface area contributed by atoms with Gasteiger partial charge in [-0.05, 0) is 30.4 Å². The minimum atomic E-state index is 0.860. The molecule has 0 saturated carbocycles. The van der Waals surface area contributed by atoms with Crippen LogP contribution in [0.2, 0.25) is 0 Å². The third kappa shape index (κ3) is 2.47. The van der Waals surface area contributed by atoms with Crippen molar-refractivity contribution in [3.63, 3.8) is 0 Å². The highest BCUT2D eigenvalue weighted by Gasteiger charge is 2.14. The van der Waals surface area contributed by atoms with Gasteiger partial charge in [-0.1, -0.05) is 13.0 Å². The van der Waals surface area contributed by atoms with Crippen LogP contribution < -0.4 is 0 Å². The molecular formula is C13H19NOS. The van der Waals surface area contributed by atoms with Gasteiger partial charge in [-0.25, -0.2) is 0 Å². The molecular weight excluding hydrogens is 218 g/mol. The van der Waals surface area contributed by atoms with E-state index in [0.29, 0.717) is 0 Å². The smallest absolute Gasteiger partial charge is 0.0642 e. The van der Waals surface area contributed by atoms with Crippen LogP contribution in [0.15, 0.2) is 23.2 Å². The predicted octanol–water partition coefficient (Wildman–Crippen LogP) is 3.22. The summed E-state index contributed by atoms with van der Waals surface area (Å²) in [6, 6.07) is 4.34. The van der Waals surface area contributed by atoms with E-state index in [-0.39, 0.29) is 0 Å². The van der Waals surface area contributed by atoms with Crippen molar-refractivity contribution in [3.8, 4) is 0 Å². The van der Waals surface area contributed by atoms with Gasteiger partial charge in [0.2, 0.25) is 0 Å². The summed E-state index contributed by atoms with van der Waals surface area (Å²) in [7, 11) is 0. The van der Waals surface area contributed by atoms with Gasteiger partial charge in [0.1, 0.15) is 0 Å². The molecule has 88 valence electrons. The second-order valence-electron chi connectivity index (χ2n) is 3.99. The zero-order chi connectivity index (χ0) is 11.4. The van der Waals surface area contributed by atoms with Crippen molar-refractivity contribution < 1.29 is 4.74 Å². The average molecular weight is 237 g/mol. The lowest BCUT2D eigenvalue weighted by Crippen LogP contribution is -2.35. The minimum absolute atomic E-state index is 0.860. The predicted molar refractivity (Wildman–Crippen MR) is 69.6 cm³/mol. The summed E-state index contributed by atoms with van der Waals surface area (Å²) in [4.78, 5) is 3.86. The number of hydrogen-bond acceptors (Lipinski definition) is 3. The summed E-state index contributed by atoms with van der Waals surface area (Å²) in [5, 5.41) is 2.15. The van der Waals surface area contributed by atoms with Gasteiger partial charge in [0, 0.05) is 23.7 Å². The van der Waals surface area contributed by atoms with Gasteiger partial charge in [0.05, 0.1) is 13.2 Å². The van der Waals surface area contributed by atoms with Crippen LogP contribution in [-0.4, -0.2) is 31.2 Å². The van der Waals surface area contributed by atoms with Crippen LogP contribution in [0, 0.1) is 0 Å². The molecule has 2 nitrogen and oxygen atoms in total. The maximum atomic E-state index is 5.39. The van der Waals surface area contributed by atoms with E-state index in [1.807, 2.05) is 11.3 Å². The molecule has 16 heavy (non-hydrogen) atoms. The Morgan fingerprint density at radius 3 is 2.75 bits per heavy atom. The Labute approximate surface area is 102 Å². The van der Waals surface area contributed by atoms with Crippen molar-refractivity contribution in [1.29, 1.82) is 0 Å². The number of thiophene rings is 1. The van der Waals surface area contributed by atoms with Crippen molar-refractivity contribution >= 4 is 16.9 Å². The third-order valence-corrected chi connectivity index (χ3v) is 4.02. The molecule has 0 N–H and O–H groups in total. The second kappa shape index (κ2) is 5.51. The number of allylic oxidation sites excluding steroid dienone is 2. The van der Waals surface area contributed by atoms with Crippen LogP contribution in [0.4, 0.5) is 0 Å². The number of rotatable bonds is 3. The van der Waals surface area contributed by atoms with Crippen molar-refractivity contribution in [2.45, 2.75) is 20.3 Å². The molecule has 0 bridgehead atoms. The first-order chi connectivity index (χ1) is 7.83. The fourth-order valence-electron chi connectivity index (χ4n) is 2.15. The standard InChI is InChI=1S/C13H19NOS/c1-3-12(13-5-4-10-16-13)11(2)14-6-8-15-9-7-14/h4-5,10H,3,6-9H2,1-2H3. The van der Waals surface area contributed by atoms with Gasteiger partial charge in [0.15, 0.2) is 0 Å². The highest BCUT2D eigenvalue weighted by molar-refractivity contribution is 7.11. The van der Waals surface area contributed by atoms with Crippen molar-refractivity contribution in [2.75, 3.05) is 26.3 Å². The molecule has 1 aliphatic heterocycles. The molecule has 0 aromatic carbocycles. The molecule has 0 aliphatic carbocycles. The fraction of sp³-hybridized carbons (Fsp3) is 0.538. The molecule has 1 aliphatic rings. The van der Waals surface area contributed by atoms with E-state index in [9.17, 15) is 0 Å². The zero-order valence-corrected chi connectivity index (χ0v) is 10.8. The van der Waals surface area contributed by atoms with E-state index in [4.69, 9.17) is 4.74 Å². The Kier molecular flexibility index (Phi) is 4.02. The minimum Gasteiger partial charge on any atom is -0.378 e. The lowest BCUT2D eigenvalue weighted by atomic mass is 10.1. The van der Waals surface area contributed by atoms with E-state index >= 15 is 0 Å². The van der Waals surface area contributed by atoms with Crippen LogP contribution >= 0.6 is 11.3 Å². The SMILES string of the molecule is CCC(=C(C)N1CCOCC1)c1cccs1. The molecule has 1 aromatic heterocycles. The lowest BCUT2D eigenvalue weighted by Gasteiger charge is -2.31. The first-order valence-corrected chi connectivity index (χ1v) is 6.77. The zero-order valence-electron chi connectivity index (χ0n) is 10.0. The summed E-state index contributed by atoms with van der Waals surface area (Å²) in [5.74, 6) is 0. The van der Waals surface area contributed by atoms with Gasteiger partial charge in [-0.3, -0.25) is 0 Å². The Morgan fingerprint density at radius 2 is 2.19 bits per heavy atom. The molecule has 0 amide bonds. The van der Waals surface area contributed by atoms with E-state index < -0.39 is 0 Å². The molecule has 0 radical (unpaired) electrons. The first kappa shape index (κ1) is 11.7. The van der Waals surface area contributed by atoms with Gasteiger partial charge >= 0.3 is 0 Å². The normalized spacial score (nSPS) is 18.5. The molecule has 1 fully saturated rings. The summed E-state index contributed by atoms with van der Waals surface area (Å²) in [6.45, 7) is 8.25. The van der Waals surface area contributed by atoms with E-state index in [0.717, 1.165) is 32.7 Å². The summed E-state index contributed by atoms with van der Waals surface area (Å²) >= 11 is 1.83. The molecule has 1 saturated heterocycles. The molecule has 0 spiro atoms. The summed E-state index contributed by atoms with van der Waals surface area (Å²) in [5.41, 5.74) is 2.91. The molecule has 2 heterocycles. The quantitative estimate of drug-likeness (QED) is 0.800. The largest absolute Gasteiger partial charge is 0.378 e. The lowest BCUT2D eigenvalue weighted by molar-refractivity contribution is 0.0540. The van der Waals surface area contributed by atoms with Crippen LogP contribution in [0.5, 0.6) is 0 Å². The van der Waals surface area contributed by atoms with Crippen LogP contribution in [0.25, 0.3) is 5.57 Å². The Bertz CT molecular complexity index is 350. The van der Waals surface area contributed by atoms with E-state index in [1.54, 1.807) is 0 Å². The maximum absolute atomic E-state index is 5.39. The van der Waals surface area contributed by atoms with Crippen LogP contribution in [-0.2, 0) is 4.74 Å². The molecule has 3 heteroatoms. The van der Waals surface area contributed by atoms with E-state index in [1.165, 1.54) is 16.1 Å². The van der Waals surface area contributed by atoms with Crippen molar-refractivity contribution in [2.24, 2.45) is 0 Å². The van der Waals surface area contributed by atoms with Crippen LogP contribution in [0.1, 0.15) is 25.1 Å². The van der Waals surface area contributed by atoms with E-state index in [2.05, 4.69) is 36.3 Å². The van der Waals surface area contributed by atoms with Gasteiger partial charge in [-0.15, -0.1) is 11.3 Å². The maximum Gasteiger partial charge on any atom is 0.0642 e. The Morgan fingerprint density at radius 1 is 1.44 bits per heavy atom. The van der Waals surface area contributed by atoms with Crippen molar-refractivity contribution in [1.82, 2.24) is 4.90 Å². The topological polar surface area (TPSA) is 12.5 Å². The highest BCUT2D eigenvalue weighted by Crippen LogP contribution is 2.28. The average Bonchev–Trinajstić information content (AvgIpc) is 2.85. The molecule has 2 rings (SSSR count). The number of hydrogen-bond donors (Lipinski definition) is 0. The van der Waals surface area contributed by atoms with Crippen LogP contribution in [0.3, 0.4) is 0 Å². The third-order valence-electron chi connectivity index (χ3n) is 3.09. The first-order valence-electron chi connectivity index (χ1n) is 5.89. The number of nitrogens with zero attached hydrogens (tertiary/aromatic N) is 1. The second-order valence-corrected chi connectivity index (χ2v) is 4.94. The van der Waals surface area contributed by atoms with Gasteiger partial charge < -0.3 is 9.64 Å². The van der Waals surface area contributed by atoms with Gasteiger partial charge in [-0.2, -0.15) is 0 Å². The summed E-state index contributed by atoms with van der Waals surface area (Å²) < 4.78 is 5.39. The fourth-order valence-corrected chi connectivity index (χ4v) is 3.04. The molecule has 1 aromatic rings. The summed E-state index contributed by atoms with van der Waals surface area (Å²) in [6.07, 6.45) is 1.10. The Hall–Kier alpha value is -0.800. The number of morpholine rings is 1. The van der Waals surface area contributed by atoms with Crippen molar-refractivity contribution in [3.05, 3.63) is 28.1 Å². The number of ether oxygens (including phenoxy) is 1. The molecule has 0 atom stereocenters. The molecule has 0 unspecified atom stereocenters. The monoisotopic (exact) mass is 237 g/mol. The Balaban J connectivity index is 2.22. The van der Waals surface area contributed by atoms with Gasteiger partial charge in [0.25, 0.3) is 0 Å². The highest BCUT2D eigenvalue weighted by atomic mass is 32.1.